The number of benzene rings is 1. The van der Waals surface area contributed by atoms with Crippen LogP contribution in [0.3, 0.4) is 0 Å². The van der Waals surface area contributed by atoms with Crippen molar-refractivity contribution < 1.29 is 15.0 Å². The molecule has 0 radical (unpaired) electrons. The number of aliphatic hydroxyl groups is 2. The molecule has 0 bridgehead atoms. The lowest BCUT2D eigenvalue weighted by Gasteiger charge is -2.19. The van der Waals surface area contributed by atoms with E-state index in [1.165, 1.54) is 13.0 Å². The highest BCUT2D eigenvalue weighted by Crippen LogP contribution is 2.28. The Morgan fingerprint density at radius 3 is 2.78 bits per heavy atom. The van der Waals surface area contributed by atoms with Crippen LogP contribution in [0, 0.1) is 0 Å². The van der Waals surface area contributed by atoms with Gasteiger partial charge in [-0.3, -0.25) is 4.79 Å². The van der Waals surface area contributed by atoms with Crippen molar-refractivity contribution in [1.29, 1.82) is 0 Å². The molecule has 0 aliphatic rings. The molecule has 18 heavy (non-hydrogen) atoms. The average Bonchev–Trinajstić information content (AvgIpc) is 2.30. The number of thioether (sulfide) groups is 1. The Bertz CT molecular complexity index is 428. The largest absolute Gasteiger partial charge is 0.399 e. The summed E-state index contributed by atoms with van der Waals surface area (Å²) in [4.78, 5) is 10.7. The zero-order chi connectivity index (χ0) is 13.7. The molecule has 0 spiro atoms. The number of hydrogen-bond acceptors (Lipinski definition) is 5. The van der Waals surface area contributed by atoms with Crippen LogP contribution in [-0.4, -0.2) is 27.2 Å². The number of anilines is 1. The molecule has 6 heteroatoms. The second-order valence-corrected chi connectivity index (χ2v) is 5.60. The minimum absolute atomic E-state index is 0.0151. The molecule has 0 heterocycles. The van der Waals surface area contributed by atoms with Gasteiger partial charge >= 0.3 is 0 Å². The second kappa shape index (κ2) is 6.99. The Balaban J connectivity index is 2.64. The number of nitrogens with two attached hydrogens (primary N) is 1. The van der Waals surface area contributed by atoms with Gasteiger partial charge in [0.05, 0.1) is 6.10 Å². The number of halogens is 1. The Kier molecular flexibility index (Phi) is 5.95. The molecule has 0 fully saturated rings. The van der Waals surface area contributed by atoms with Gasteiger partial charge in [-0.2, -0.15) is 0 Å². The molecule has 0 aliphatic heterocycles. The first-order valence-electron chi connectivity index (χ1n) is 5.46. The molecule has 1 aromatic rings. The third-order valence-corrected chi connectivity index (χ3v) is 3.61. The van der Waals surface area contributed by atoms with Crippen LogP contribution in [0.25, 0.3) is 0 Å². The van der Waals surface area contributed by atoms with Crippen LogP contribution in [0.1, 0.15) is 25.0 Å². The van der Waals surface area contributed by atoms with Gasteiger partial charge in [0.2, 0.25) is 0 Å². The highest BCUT2D eigenvalue weighted by molar-refractivity contribution is 8.13. The number of carbonyl (C=O) groups is 1. The molecule has 100 valence electrons. The molecule has 2 unspecified atom stereocenters. The first-order chi connectivity index (χ1) is 8.41. The SMILES string of the molecule is CC(=O)SCCC(O)C(O)c1cc(N)ccc1Cl. The minimum Gasteiger partial charge on any atom is -0.399 e. The topological polar surface area (TPSA) is 83.5 Å². The van der Waals surface area contributed by atoms with Crippen LogP contribution < -0.4 is 5.73 Å². The van der Waals surface area contributed by atoms with Gasteiger partial charge in [-0.05, 0) is 24.6 Å². The molecular formula is C12H16ClNO3S. The van der Waals surface area contributed by atoms with E-state index in [0.29, 0.717) is 28.4 Å². The van der Waals surface area contributed by atoms with E-state index < -0.39 is 12.2 Å². The maximum atomic E-state index is 10.7. The summed E-state index contributed by atoms with van der Waals surface area (Å²) in [6.45, 7) is 1.46. The van der Waals surface area contributed by atoms with Gasteiger partial charge in [0.25, 0.3) is 0 Å². The number of nitrogen functional groups attached to an aromatic ring is 1. The van der Waals surface area contributed by atoms with Gasteiger partial charge < -0.3 is 15.9 Å². The van der Waals surface area contributed by atoms with Crippen molar-refractivity contribution in [3.63, 3.8) is 0 Å². The van der Waals surface area contributed by atoms with E-state index >= 15 is 0 Å². The lowest BCUT2D eigenvalue weighted by Crippen LogP contribution is -2.19. The molecule has 0 aromatic heterocycles. The molecule has 4 N–H and O–H groups in total. The number of hydrogen-bond donors (Lipinski definition) is 3. The van der Waals surface area contributed by atoms with E-state index in [9.17, 15) is 15.0 Å². The third kappa shape index (κ3) is 4.49. The zero-order valence-electron chi connectivity index (χ0n) is 9.97. The molecular weight excluding hydrogens is 274 g/mol. The molecule has 0 saturated carbocycles. The molecule has 2 atom stereocenters. The Morgan fingerprint density at radius 1 is 1.50 bits per heavy atom. The van der Waals surface area contributed by atoms with Crippen LogP contribution in [0.15, 0.2) is 18.2 Å². The third-order valence-electron chi connectivity index (χ3n) is 2.42. The first kappa shape index (κ1) is 15.3. The van der Waals surface area contributed by atoms with Crippen molar-refractivity contribution in [3.8, 4) is 0 Å². The van der Waals surface area contributed by atoms with Crippen molar-refractivity contribution >= 4 is 34.2 Å². The summed E-state index contributed by atoms with van der Waals surface area (Å²) < 4.78 is 0. The number of aliphatic hydroxyl groups excluding tert-OH is 2. The Hall–Kier alpha value is -0.750. The fourth-order valence-corrected chi connectivity index (χ4v) is 2.35. The van der Waals surface area contributed by atoms with Gasteiger partial charge in [-0.15, -0.1) is 0 Å². The van der Waals surface area contributed by atoms with E-state index in [4.69, 9.17) is 17.3 Å². The maximum Gasteiger partial charge on any atom is 0.185 e. The maximum absolute atomic E-state index is 10.7. The van der Waals surface area contributed by atoms with Crippen molar-refractivity contribution in [1.82, 2.24) is 0 Å². The van der Waals surface area contributed by atoms with Crippen LogP contribution >= 0.6 is 23.4 Å². The Morgan fingerprint density at radius 2 is 2.17 bits per heavy atom. The molecule has 1 aromatic carbocycles. The van der Waals surface area contributed by atoms with Crippen molar-refractivity contribution in [2.45, 2.75) is 25.6 Å². The van der Waals surface area contributed by atoms with E-state index in [0.717, 1.165) is 11.8 Å². The van der Waals surface area contributed by atoms with Gasteiger partial charge in [0, 0.05) is 29.0 Å². The zero-order valence-corrected chi connectivity index (χ0v) is 11.5. The molecule has 4 nitrogen and oxygen atoms in total. The molecule has 1 rings (SSSR count). The van der Waals surface area contributed by atoms with Crippen LogP contribution in [0.4, 0.5) is 5.69 Å². The fourth-order valence-electron chi connectivity index (χ4n) is 1.48. The normalized spacial score (nSPS) is 14.2. The van der Waals surface area contributed by atoms with Gasteiger partial charge in [0.15, 0.2) is 5.12 Å². The van der Waals surface area contributed by atoms with E-state index in [1.54, 1.807) is 12.1 Å². The lowest BCUT2D eigenvalue weighted by atomic mass is 10.0. The van der Waals surface area contributed by atoms with E-state index in [-0.39, 0.29) is 5.12 Å². The summed E-state index contributed by atoms with van der Waals surface area (Å²) in [6.07, 6.45) is -1.78. The summed E-state index contributed by atoms with van der Waals surface area (Å²) in [7, 11) is 0. The molecule has 0 aliphatic carbocycles. The minimum atomic E-state index is -1.10. The van der Waals surface area contributed by atoms with Crippen LogP contribution in [0.5, 0.6) is 0 Å². The smallest absolute Gasteiger partial charge is 0.185 e. The van der Waals surface area contributed by atoms with Gasteiger partial charge in [-0.1, -0.05) is 23.4 Å². The highest BCUT2D eigenvalue weighted by atomic mass is 35.5. The quantitative estimate of drug-likeness (QED) is 0.722. The van der Waals surface area contributed by atoms with Gasteiger partial charge in [-0.25, -0.2) is 0 Å². The van der Waals surface area contributed by atoms with Crippen LogP contribution in [-0.2, 0) is 4.79 Å². The first-order valence-corrected chi connectivity index (χ1v) is 6.82. The van der Waals surface area contributed by atoms with E-state index in [2.05, 4.69) is 0 Å². The molecule has 0 amide bonds. The summed E-state index contributed by atoms with van der Waals surface area (Å²) in [5.74, 6) is 0.452. The predicted octanol–water partition coefficient (Wildman–Crippen LogP) is 1.99. The summed E-state index contributed by atoms with van der Waals surface area (Å²) in [6, 6.07) is 4.73. The van der Waals surface area contributed by atoms with Crippen molar-refractivity contribution in [2.24, 2.45) is 0 Å². The van der Waals surface area contributed by atoms with Crippen LogP contribution in [0.2, 0.25) is 5.02 Å². The second-order valence-electron chi connectivity index (χ2n) is 3.92. The average molecular weight is 290 g/mol. The molecule has 0 saturated heterocycles. The summed E-state index contributed by atoms with van der Waals surface area (Å²) >= 11 is 7.05. The van der Waals surface area contributed by atoms with Gasteiger partial charge in [0.1, 0.15) is 6.10 Å². The summed E-state index contributed by atoms with van der Waals surface area (Å²) in [5, 5.41) is 20.1. The summed E-state index contributed by atoms with van der Waals surface area (Å²) in [5.41, 5.74) is 6.48. The number of carbonyl (C=O) groups excluding carboxylic acids is 1. The Labute approximate surface area is 115 Å². The van der Waals surface area contributed by atoms with E-state index in [1.807, 2.05) is 0 Å². The monoisotopic (exact) mass is 289 g/mol. The standard InChI is InChI=1S/C12H16ClNO3S/c1-7(15)18-5-4-11(16)12(17)9-6-8(14)2-3-10(9)13/h2-3,6,11-12,16-17H,4-5,14H2,1H3. The lowest BCUT2D eigenvalue weighted by molar-refractivity contribution is -0.109. The predicted molar refractivity (Wildman–Crippen MR) is 74.6 cm³/mol. The fraction of sp³-hybridized carbons (Fsp3) is 0.417. The van der Waals surface area contributed by atoms with Crippen molar-refractivity contribution in [2.75, 3.05) is 11.5 Å². The van der Waals surface area contributed by atoms with Crippen molar-refractivity contribution in [3.05, 3.63) is 28.8 Å². The number of rotatable bonds is 5. The highest BCUT2D eigenvalue weighted by Gasteiger charge is 2.20.